The molecule has 1 aliphatic rings. The Balaban J connectivity index is 2.10. The van der Waals surface area contributed by atoms with E-state index >= 15 is 0 Å². The van der Waals surface area contributed by atoms with Crippen molar-refractivity contribution in [2.24, 2.45) is 11.8 Å². The average molecular weight is 242 g/mol. The molecule has 2 N–H and O–H groups in total. The third kappa shape index (κ3) is 4.63. The van der Waals surface area contributed by atoms with Gasteiger partial charge in [-0.1, -0.05) is 13.8 Å². The predicted molar refractivity (Wildman–Crippen MR) is 64.8 cm³/mol. The number of carboxylic acid groups (broad SMARTS) is 1. The number of urea groups is 1. The first-order chi connectivity index (χ1) is 8.00. The van der Waals surface area contributed by atoms with Crippen LogP contribution in [-0.2, 0) is 4.79 Å². The number of hydrogen-bond donors (Lipinski definition) is 2. The highest BCUT2D eigenvalue weighted by atomic mass is 16.4. The lowest BCUT2D eigenvalue weighted by Gasteiger charge is -2.16. The molecule has 1 fully saturated rings. The van der Waals surface area contributed by atoms with E-state index in [1.54, 1.807) is 6.92 Å². The number of nitrogens with zero attached hydrogens (tertiary/aromatic N) is 1. The maximum atomic E-state index is 11.7. The number of rotatable bonds is 5. The van der Waals surface area contributed by atoms with Crippen LogP contribution in [0.1, 0.15) is 33.1 Å². The van der Waals surface area contributed by atoms with E-state index in [-0.39, 0.29) is 11.9 Å². The summed E-state index contributed by atoms with van der Waals surface area (Å²) in [7, 11) is 0. The molecule has 0 aromatic heterocycles. The fraction of sp³-hybridized carbons (Fsp3) is 0.833. The molecule has 98 valence electrons. The van der Waals surface area contributed by atoms with Gasteiger partial charge < -0.3 is 15.3 Å². The number of carboxylic acids is 1. The van der Waals surface area contributed by atoms with Crippen molar-refractivity contribution >= 4 is 12.0 Å². The minimum absolute atomic E-state index is 0.0164. The van der Waals surface area contributed by atoms with Gasteiger partial charge in [-0.15, -0.1) is 0 Å². The van der Waals surface area contributed by atoms with Crippen LogP contribution in [0.2, 0.25) is 0 Å². The maximum Gasteiger partial charge on any atom is 0.317 e. The van der Waals surface area contributed by atoms with Gasteiger partial charge in [0.15, 0.2) is 0 Å². The molecule has 2 unspecified atom stereocenters. The summed E-state index contributed by atoms with van der Waals surface area (Å²) in [5.41, 5.74) is 0. The lowest BCUT2D eigenvalue weighted by molar-refractivity contribution is -0.141. The second kappa shape index (κ2) is 6.47. The molecule has 2 amide bonds. The zero-order valence-corrected chi connectivity index (χ0v) is 10.6. The molecule has 1 saturated heterocycles. The van der Waals surface area contributed by atoms with Gasteiger partial charge in [0.1, 0.15) is 0 Å². The fourth-order valence-electron chi connectivity index (χ4n) is 1.96. The van der Waals surface area contributed by atoms with Crippen LogP contribution in [-0.4, -0.2) is 41.6 Å². The van der Waals surface area contributed by atoms with Gasteiger partial charge >= 0.3 is 12.0 Å². The van der Waals surface area contributed by atoms with Crippen molar-refractivity contribution < 1.29 is 14.7 Å². The molecule has 0 aromatic rings. The molecule has 0 aromatic carbocycles. The number of carbonyl (C=O) groups excluding carboxylic acids is 1. The van der Waals surface area contributed by atoms with Crippen molar-refractivity contribution in [2.45, 2.75) is 33.1 Å². The molecule has 1 aliphatic heterocycles. The van der Waals surface area contributed by atoms with E-state index in [1.807, 2.05) is 4.90 Å². The average Bonchev–Trinajstić information content (AvgIpc) is 2.70. The standard InChI is InChI=1S/C12H22N2O3/c1-9-5-7-14(8-9)12(17)13-6-3-4-10(2)11(15)16/h9-10H,3-8H2,1-2H3,(H,13,17)(H,15,16). The fourth-order valence-corrected chi connectivity index (χ4v) is 1.96. The van der Waals surface area contributed by atoms with Crippen LogP contribution in [0.4, 0.5) is 4.79 Å². The Labute approximate surface area is 102 Å². The van der Waals surface area contributed by atoms with E-state index in [1.165, 1.54) is 0 Å². The van der Waals surface area contributed by atoms with Gasteiger partial charge in [-0.05, 0) is 25.2 Å². The SMILES string of the molecule is CC1CCN(C(=O)NCCCC(C)C(=O)O)C1. The first-order valence-electron chi connectivity index (χ1n) is 6.26. The second-order valence-electron chi connectivity index (χ2n) is 4.95. The first-order valence-corrected chi connectivity index (χ1v) is 6.26. The first kappa shape index (κ1) is 13.8. The van der Waals surface area contributed by atoms with Gasteiger partial charge in [-0.25, -0.2) is 4.79 Å². The molecule has 0 spiro atoms. The smallest absolute Gasteiger partial charge is 0.317 e. The second-order valence-corrected chi connectivity index (χ2v) is 4.95. The topological polar surface area (TPSA) is 69.6 Å². The molecule has 5 heteroatoms. The number of aliphatic carboxylic acids is 1. The zero-order chi connectivity index (χ0) is 12.8. The molecule has 0 radical (unpaired) electrons. The molecule has 1 rings (SSSR count). The van der Waals surface area contributed by atoms with Gasteiger partial charge in [-0.2, -0.15) is 0 Å². The molecule has 0 bridgehead atoms. The lowest BCUT2D eigenvalue weighted by atomic mass is 10.1. The van der Waals surface area contributed by atoms with Gasteiger partial charge in [0, 0.05) is 19.6 Å². The molecular formula is C12H22N2O3. The normalized spacial score (nSPS) is 21.3. The molecule has 0 aliphatic carbocycles. The van der Waals surface area contributed by atoms with E-state index < -0.39 is 5.97 Å². The third-order valence-corrected chi connectivity index (χ3v) is 3.22. The molecule has 0 saturated carbocycles. The Morgan fingerprint density at radius 3 is 2.76 bits per heavy atom. The number of nitrogens with one attached hydrogen (secondary N) is 1. The highest BCUT2D eigenvalue weighted by molar-refractivity contribution is 5.74. The lowest BCUT2D eigenvalue weighted by Crippen LogP contribution is -2.38. The molecular weight excluding hydrogens is 220 g/mol. The van der Waals surface area contributed by atoms with E-state index in [4.69, 9.17) is 5.11 Å². The summed E-state index contributed by atoms with van der Waals surface area (Å²) in [5.74, 6) is -0.517. The van der Waals surface area contributed by atoms with Crippen LogP contribution in [0.15, 0.2) is 0 Å². The summed E-state index contributed by atoms with van der Waals surface area (Å²) in [4.78, 5) is 24.1. The number of likely N-dealkylation sites (tertiary alicyclic amines) is 1. The summed E-state index contributed by atoms with van der Waals surface area (Å²) >= 11 is 0. The molecule has 5 nitrogen and oxygen atoms in total. The molecule has 17 heavy (non-hydrogen) atoms. The predicted octanol–water partition coefficient (Wildman–Crippen LogP) is 1.54. The maximum absolute atomic E-state index is 11.7. The quantitative estimate of drug-likeness (QED) is 0.718. The molecule has 1 heterocycles. The minimum atomic E-state index is -0.773. The van der Waals surface area contributed by atoms with Crippen molar-refractivity contribution in [2.75, 3.05) is 19.6 Å². The van der Waals surface area contributed by atoms with Crippen LogP contribution in [0.3, 0.4) is 0 Å². The Kier molecular flexibility index (Phi) is 5.25. The van der Waals surface area contributed by atoms with E-state index in [0.29, 0.717) is 25.3 Å². The monoisotopic (exact) mass is 242 g/mol. The van der Waals surface area contributed by atoms with Gasteiger partial charge in [-0.3, -0.25) is 4.79 Å². The Hall–Kier alpha value is -1.26. The van der Waals surface area contributed by atoms with Gasteiger partial charge in [0.05, 0.1) is 5.92 Å². The van der Waals surface area contributed by atoms with Gasteiger partial charge in [0.2, 0.25) is 0 Å². The van der Waals surface area contributed by atoms with Gasteiger partial charge in [0.25, 0.3) is 0 Å². The largest absolute Gasteiger partial charge is 0.481 e. The number of hydrogen-bond acceptors (Lipinski definition) is 2. The van der Waals surface area contributed by atoms with E-state index in [0.717, 1.165) is 19.5 Å². The van der Waals surface area contributed by atoms with Crippen LogP contribution in [0.25, 0.3) is 0 Å². The molecule has 2 atom stereocenters. The van der Waals surface area contributed by atoms with Crippen LogP contribution >= 0.6 is 0 Å². The summed E-state index contributed by atoms with van der Waals surface area (Å²) in [6.07, 6.45) is 2.39. The Morgan fingerprint density at radius 2 is 2.24 bits per heavy atom. The van der Waals surface area contributed by atoms with Crippen molar-refractivity contribution in [1.82, 2.24) is 10.2 Å². The third-order valence-electron chi connectivity index (χ3n) is 3.22. The summed E-state index contributed by atoms with van der Waals surface area (Å²) < 4.78 is 0. The summed E-state index contributed by atoms with van der Waals surface area (Å²) in [6.45, 7) is 6.05. The Morgan fingerprint density at radius 1 is 1.53 bits per heavy atom. The number of carbonyl (C=O) groups is 2. The van der Waals surface area contributed by atoms with Crippen LogP contribution < -0.4 is 5.32 Å². The van der Waals surface area contributed by atoms with Crippen molar-refractivity contribution in [3.63, 3.8) is 0 Å². The van der Waals surface area contributed by atoms with Crippen molar-refractivity contribution in [1.29, 1.82) is 0 Å². The highest BCUT2D eigenvalue weighted by Gasteiger charge is 2.22. The van der Waals surface area contributed by atoms with Crippen molar-refractivity contribution in [3.05, 3.63) is 0 Å². The zero-order valence-electron chi connectivity index (χ0n) is 10.6. The van der Waals surface area contributed by atoms with Crippen molar-refractivity contribution in [3.8, 4) is 0 Å². The van der Waals surface area contributed by atoms with Crippen LogP contribution in [0, 0.1) is 11.8 Å². The van der Waals surface area contributed by atoms with E-state index in [9.17, 15) is 9.59 Å². The number of amides is 2. The highest BCUT2D eigenvalue weighted by Crippen LogP contribution is 2.14. The van der Waals surface area contributed by atoms with Crippen LogP contribution in [0.5, 0.6) is 0 Å². The summed E-state index contributed by atoms with van der Waals surface area (Å²) in [5, 5.41) is 11.5. The van der Waals surface area contributed by atoms with E-state index in [2.05, 4.69) is 12.2 Å². The Bertz CT molecular complexity index is 281. The summed E-state index contributed by atoms with van der Waals surface area (Å²) in [6, 6.07) is -0.0164. The minimum Gasteiger partial charge on any atom is -0.481 e.